The first-order valence-electron chi connectivity index (χ1n) is 5.53. The zero-order valence-electron chi connectivity index (χ0n) is 9.49. The Labute approximate surface area is 95.2 Å². The number of para-hydroxylation sites is 2. The topological polar surface area (TPSA) is 18.5 Å². The number of ether oxygens (including phenoxy) is 2. The maximum absolute atomic E-state index is 5.95. The minimum absolute atomic E-state index is 0.0115. The van der Waals surface area contributed by atoms with Gasteiger partial charge in [0.15, 0.2) is 23.0 Å². The van der Waals surface area contributed by atoms with E-state index in [-0.39, 0.29) is 5.41 Å². The highest BCUT2D eigenvalue weighted by molar-refractivity contribution is 5.47. The van der Waals surface area contributed by atoms with Gasteiger partial charge in [-0.1, -0.05) is 32.1 Å². The van der Waals surface area contributed by atoms with Crippen LogP contribution >= 0.6 is 0 Å². The van der Waals surface area contributed by atoms with Gasteiger partial charge in [0, 0.05) is 5.41 Å². The molecule has 1 aliphatic carbocycles. The monoisotopic (exact) mass is 214 g/mol. The van der Waals surface area contributed by atoms with Crippen molar-refractivity contribution in [3.63, 3.8) is 0 Å². The van der Waals surface area contributed by atoms with Crippen molar-refractivity contribution in [1.82, 2.24) is 0 Å². The second kappa shape index (κ2) is 3.14. The summed E-state index contributed by atoms with van der Waals surface area (Å²) >= 11 is 0. The summed E-state index contributed by atoms with van der Waals surface area (Å²) in [4.78, 5) is 0. The molecule has 0 atom stereocenters. The molecule has 1 aromatic rings. The highest BCUT2D eigenvalue weighted by atomic mass is 16.6. The summed E-state index contributed by atoms with van der Waals surface area (Å²) in [6, 6.07) is 7.77. The number of benzene rings is 1. The molecule has 16 heavy (non-hydrogen) atoms. The number of hydrogen-bond donors (Lipinski definition) is 0. The van der Waals surface area contributed by atoms with Gasteiger partial charge in [0.1, 0.15) is 0 Å². The van der Waals surface area contributed by atoms with Crippen molar-refractivity contribution in [2.75, 3.05) is 0 Å². The SMILES string of the molecule is CC1(C)CC=CC2=C1Oc1ccccc1O2. The number of allylic oxidation sites excluding steroid dienone is 3. The average Bonchev–Trinajstić information content (AvgIpc) is 2.27. The van der Waals surface area contributed by atoms with Crippen LogP contribution in [0, 0.1) is 5.41 Å². The van der Waals surface area contributed by atoms with Gasteiger partial charge in [0.25, 0.3) is 0 Å². The van der Waals surface area contributed by atoms with E-state index in [4.69, 9.17) is 9.47 Å². The Balaban J connectivity index is 2.08. The molecule has 0 saturated carbocycles. The molecule has 2 nitrogen and oxygen atoms in total. The fraction of sp³-hybridized carbons (Fsp3) is 0.286. The van der Waals surface area contributed by atoms with E-state index in [2.05, 4.69) is 19.9 Å². The van der Waals surface area contributed by atoms with Crippen molar-refractivity contribution >= 4 is 0 Å². The molecule has 2 heteroatoms. The van der Waals surface area contributed by atoms with Crippen molar-refractivity contribution in [2.24, 2.45) is 5.41 Å². The lowest BCUT2D eigenvalue weighted by Gasteiger charge is -2.34. The summed E-state index contributed by atoms with van der Waals surface area (Å²) in [5.41, 5.74) is 0.0115. The second-order valence-corrected chi connectivity index (χ2v) is 4.83. The van der Waals surface area contributed by atoms with Crippen LogP contribution in [0.25, 0.3) is 0 Å². The Bertz CT molecular complexity index is 495. The fourth-order valence-corrected chi connectivity index (χ4v) is 2.08. The van der Waals surface area contributed by atoms with Gasteiger partial charge < -0.3 is 9.47 Å². The molecule has 0 N–H and O–H groups in total. The van der Waals surface area contributed by atoms with Crippen molar-refractivity contribution in [2.45, 2.75) is 20.3 Å². The molecule has 0 aromatic heterocycles. The summed E-state index contributed by atoms with van der Waals surface area (Å²) in [6.45, 7) is 4.34. The van der Waals surface area contributed by atoms with Crippen LogP contribution in [0.5, 0.6) is 11.5 Å². The van der Waals surface area contributed by atoms with Crippen LogP contribution in [0.4, 0.5) is 0 Å². The van der Waals surface area contributed by atoms with Crippen molar-refractivity contribution in [3.05, 3.63) is 47.9 Å². The average molecular weight is 214 g/mol. The van der Waals surface area contributed by atoms with Crippen molar-refractivity contribution < 1.29 is 9.47 Å². The first kappa shape index (κ1) is 9.52. The smallest absolute Gasteiger partial charge is 0.170 e. The third kappa shape index (κ3) is 1.33. The van der Waals surface area contributed by atoms with Crippen LogP contribution in [-0.4, -0.2) is 0 Å². The molecule has 0 bridgehead atoms. The van der Waals surface area contributed by atoms with Crippen molar-refractivity contribution in [1.29, 1.82) is 0 Å². The first-order valence-corrected chi connectivity index (χ1v) is 5.53. The zero-order valence-corrected chi connectivity index (χ0v) is 9.49. The number of rotatable bonds is 0. The molecule has 0 saturated heterocycles. The van der Waals surface area contributed by atoms with E-state index >= 15 is 0 Å². The molecule has 0 amide bonds. The maximum Gasteiger partial charge on any atom is 0.170 e. The molecule has 1 aliphatic heterocycles. The lowest BCUT2D eigenvalue weighted by molar-refractivity contribution is 0.211. The van der Waals surface area contributed by atoms with E-state index in [0.717, 1.165) is 29.4 Å². The first-order chi connectivity index (χ1) is 7.67. The van der Waals surface area contributed by atoms with Gasteiger partial charge in [-0.2, -0.15) is 0 Å². The van der Waals surface area contributed by atoms with E-state index in [1.54, 1.807) is 0 Å². The quantitative estimate of drug-likeness (QED) is 0.656. The third-order valence-corrected chi connectivity index (χ3v) is 3.02. The molecule has 1 aromatic carbocycles. The van der Waals surface area contributed by atoms with E-state index in [1.165, 1.54) is 0 Å². The normalized spacial score (nSPS) is 20.6. The molecular formula is C14H14O2. The van der Waals surface area contributed by atoms with Gasteiger partial charge in [-0.15, -0.1) is 0 Å². The van der Waals surface area contributed by atoms with Gasteiger partial charge >= 0.3 is 0 Å². The minimum atomic E-state index is 0.0115. The highest BCUT2D eigenvalue weighted by Crippen LogP contribution is 2.44. The minimum Gasteiger partial charge on any atom is -0.453 e. The Morgan fingerprint density at radius 1 is 1.06 bits per heavy atom. The molecule has 0 unspecified atom stereocenters. The van der Waals surface area contributed by atoms with E-state index in [1.807, 2.05) is 30.3 Å². The molecule has 2 aliphatic rings. The van der Waals surface area contributed by atoms with Crippen LogP contribution in [0.2, 0.25) is 0 Å². The van der Waals surface area contributed by atoms with Crippen LogP contribution in [0.15, 0.2) is 47.9 Å². The largest absolute Gasteiger partial charge is 0.453 e. The summed E-state index contributed by atoms with van der Waals surface area (Å²) < 4.78 is 11.8. The molecule has 3 rings (SSSR count). The Morgan fingerprint density at radius 2 is 1.75 bits per heavy atom. The molecule has 0 fully saturated rings. The van der Waals surface area contributed by atoms with E-state index in [0.29, 0.717) is 0 Å². The predicted octanol–water partition coefficient (Wildman–Crippen LogP) is 3.66. The third-order valence-electron chi connectivity index (χ3n) is 3.02. The summed E-state index contributed by atoms with van der Waals surface area (Å²) in [6.07, 6.45) is 5.12. The summed E-state index contributed by atoms with van der Waals surface area (Å²) in [7, 11) is 0. The molecule has 0 radical (unpaired) electrons. The van der Waals surface area contributed by atoms with Gasteiger partial charge in [-0.25, -0.2) is 0 Å². The fourth-order valence-electron chi connectivity index (χ4n) is 2.08. The van der Waals surface area contributed by atoms with Crippen LogP contribution in [0.1, 0.15) is 20.3 Å². The lowest BCUT2D eigenvalue weighted by atomic mass is 9.83. The van der Waals surface area contributed by atoms with Crippen LogP contribution < -0.4 is 9.47 Å². The van der Waals surface area contributed by atoms with Gasteiger partial charge in [0.2, 0.25) is 0 Å². The lowest BCUT2D eigenvalue weighted by Crippen LogP contribution is -2.26. The second-order valence-electron chi connectivity index (χ2n) is 4.83. The molecule has 82 valence electrons. The molecular weight excluding hydrogens is 200 g/mol. The van der Waals surface area contributed by atoms with Gasteiger partial charge in [-0.3, -0.25) is 0 Å². The predicted molar refractivity (Wildman–Crippen MR) is 62.3 cm³/mol. The summed E-state index contributed by atoms with van der Waals surface area (Å²) in [5.74, 6) is 3.39. The standard InChI is InChI=1S/C14H14O2/c1-14(2)9-5-8-12-13(14)16-11-7-4-3-6-10(11)15-12/h3-8H,9H2,1-2H3. The number of hydrogen-bond acceptors (Lipinski definition) is 2. The van der Waals surface area contributed by atoms with E-state index in [9.17, 15) is 0 Å². The van der Waals surface area contributed by atoms with E-state index < -0.39 is 0 Å². The Morgan fingerprint density at radius 3 is 2.50 bits per heavy atom. The van der Waals surface area contributed by atoms with Crippen LogP contribution in [-0.2, 0) is 0 Å². The van der Waals surface area contributed by atoms with Crippen molar-refractivity contribution in [3.8, 4) is 11.5 Å². The Kier molecular flexibility index (Phi) is 1.87. The van der Waals surface area contributed by atoms with Gasteiger partial charge in [-0.05, 0) is 24.6 Å². The number of fused-ring (bicyclic) bond motifs is 1. The zero-order chi connectivity index (χ0) is 11.2. The highest BCUT2D eigenvalue weighted by Gasteiger charge is 2.34. The van der Waals surface area contributed by atoms with Crippen LogP contribution in [0.3, 0.4) is 0 Å². The maximum atomic E-state index is 5.95. The molecule has 0 spiro atoms. The summed E-state index contributed by atoms with van der Waals surface area (Å²) in [5, 5.41) is 0. The Hall–Kier alpha value is -1.70. The molecule has 1 heterocycles. The van der Waals surface area contributed by atoms with Gasteiger partial charge in [0.05, 0.1) is 0 Å².